The van der Waals surface area contributed by atoms with E-state index in [0.717, 1.165) is 26.1 Å². The molecular formula is C29H58O3. The number of aliphatic hydroxyl groups excluding tert-OH is 1. The predicted molar refractivity (Wildman–Crippen MR) is 138 cm³/mol. The molecule has 0 aromatic heterocycles. The third kappa shape index (κ3) is 17.4. The van der Waals surface area contributed by atoms with Crippen molar-refractivity contribution in [1.29, 1.82) is 0 Å². The molecule has 0 amide bonds. The predicted octanol–water partition coefficient (Wildman–Crippen LogP) is 8.96. The maximum atomic E-state index is 10.1. The van der Waals surface area contributed by atoms with Gasteiger partial charge in [-0.25, -0.2) is 0 Å². The summed E-state index contributed by atoms with van der Waals surface area (Å²) in [4.78, 5) is 0. The molecule has 1 saturated heterocycles. The second-order valence-corrected chi connectivity index (χ2v) is 10.4. The number of aliphatic hydroxyl groups is 1. The summed E-state index contributed by atoms with van der Waals surface area (Å²) >= 11 is 0. The van der Waals surface area contributed by atoms with Gasteiger partial charge >= 0.3 is 0 Å². The first kappa shape index (κ1) is 29.9. The molecule has 0 aliphatic carbocycles. The average Bonchev–Trinajstić information content (AvgIpc) is 2.80. The lowest BCUT2D eigenvalue weighted by Gasteiger charge is -2.29. The van der Waals surface area contributed by atoms with Crippen LogP contribution in [0.25, 0.3) is 0 Å². The van der Waals surface area contributed by atoms with Crippen LogP contribution in [0, 0.1) is 5.92 Å². The summed E-state index contributed by atoms with van der Waals surface area (Å²) in [6, 6.07) is 0. The van der Waals surface area contributed by atoms with Crippen molar-refractivity contribution in [1.82, 2.24) is 0 Å². The molecule has 0 aromatic rings. The highest BCUT2D eigenvalue weighted by atomic mass is 16.7. The first-order valence-electron chi connectivity index (χ1n) is 14.7. The molecule has 0 bridgehead atoms. The van der Waals surface area contributed by atoms with Gasteiger partial charge in [0, 0.05) is 6.61 Å². The minimum atomic E-state index is -0.440. The van der Waals surface area contributed by atoms with Crippen molar-refractivity contribution >= 4 is 0 Å². The van der Waals surface area contributed by atoms with E-state index in [1.165, 1.54) is 128 Å². The Morgan fingerprint density at radius 2 is 1.12 bits per heavy atom. The van der Waals surface area contributed by atoms with Gasteiger partial charge in [0.2, 0.25) is 0 Å². The molecule has 32 heavy (non-hydrogen) atoms. The SMILES string of the molecule is CCCCCCCCCCCCC(CCCCCCCCCC)COC1OCCCC1O. The molecule has 0 radical (unpaired) electrons. The van der Waals surface area contributed by atoms with Crippen molar-refractivity contribution in [3.05, 3.63) is 0 Å². The zero-order valence-corrected chi connectivity index (χ0v) is 22.0. The zero-order chi connectivity index (χ0) is 23.1. The van der Waals surface area contributed by atoms with Crippen LogP contribution in [0.15, 0.2) is 0 Å². The fourth-order valence-corrected chi connectivity index (χ4v) is 4.93. The van der Waals surface area contributed by atoms with Crippen LogP contribution in [-0.2, 0) is 9.47 Å². The van der Waals surface area contributed by atoms with Gasteiger partial charge in [-0.05, 0) is 31.6 Å². The summed E-state index contributed by atoms with van der Waals surface area (Å²) in [6.07, 6.45) is 28.5. The number of ether oxygens (including phenoxy) is 2. The van der Waals surface area contributed by atoms with E-state index in [-0.39, 0.29) is 0 Å². The molecule has 1 rings (SSSR count). The molecule has 3 unspecified atom stereocenters. The van der Waals surface area contributed by atoms with E-state index in [1.807, 2.05) is 0 Å². The summed E-state index contributed by atoms with van der Waals surface area (Å²) < 4.78 is 11.7. The molecule has 1 N–H and O–H groups in total. The fourth-order valence-electron chi connectivity index (χ4n) is 4.93. The Morgan fingerprint density at radius 1 is 0.688 bits per heavy atom. The van der Waals surface area contributed by atoms with E-state index in [2.05, 4.69) is 13.8 Å². The van der Waals surface area contributed by atoms with E-state index in [9.17, 15) is 5.11 Å². The summed E-state index contributed by atoms with van der Waals surface area (Å²) in [5.41, 5.74) is 0. The second kappa shape index (κ2) is 22.7. The molecule has 0 saturated carbocycles. The number of unbranched alkanes of at least 4 members (excludes halogenated alkanes) is 16. The van der Waals surface area contributed by atoms with Crippen molar-refractivity contribution in [3.8, 4) is 0 Å². The van der Waals surface area contributed by atoms with Gasteiger partial charge < -0.3 is 14.6 Å². The van der Waals surface area contributed by atoms with Crippen LogP contribution >= 0.6 is 0 Å². The third-order valence-electron chi connectivity index (χ3n) is 7.17. The van der Waals surface area contributed by atoms with Crippen molar-refractivity contribution in [2.24, 2.45) is 5.92 Å². The highest BCUT2D eigenvalue weighted by Gasteiger charge is 2.25. The minimum Gasteiger partial charge on any atom is -0.388 e. The van der Waals surface area contributed by atoms with Gasteiger partial charge in [-0.1, -0.05) is 129 Å². The maximum absolute atomic E-state index is 10.1. The number of hydrogen-bond acceptors (Lipinski definition) is 3. The zero-order valence-electron chi connectivity index (χ0n) is 22.0. The molecule has 1 heterocycles. The molecule has 0 aromatic carbocycles. The van der Waals surface area contributed by atoms with Crippen LogP contribution < -0.4 is 0 Å². The van der Waals surface area contributed by atoms with Crippen LogP contribution in [-0.4, -0.2) is 30.7 Å². The Hall–Kier alpha value is -0.120. The van der Waals surface area contributed by atoms with Gasteiger partial charge in [-0.3, -0.25) is 0 Å². The molecule has 1 aliphatic rings. The van der Waals surface area contributed by atoms with Crippen molar-refractivity contribution in [3.63, 3.8) is 0 Å². The number of hydrogen-bond donors (Lipinski definition) is 1. The lowest BCUT2D eigenvalue weighted by atomic mass is 9.94. The number of rotatable bonds is 23. The standard InChI is InChI=1S/C29H58O3/c1-3-5-7-9-11-13-14-16-18-20-23-27(22-19-17-15-12-10-8-6-4-2)26-32-29-28(30)24-21-25-31-29/h27-30H,3-26H2,1-2H3. The topological polar surface area (TPSA) is 38.7 Å². The van der Waals surface area contributed by atoms with E-state index in [1.54, 1.807) is 0 Å². The lowest BCUT2D eigenvalue weighted by Crippen LogP contribution is -2.37. The summed E-state index contributed by atoms with van der Waals surface area (Å²) in [6.45, 7) is 6.06. The van der Waals surface area contributed by atoms with Gasteiger partial charge in [-0.2, -0.15) is 0 Å². The highest BCUT2D eigenvalue weighted by molar-refractivity contribution is 4.68. The van der Waals surface area contributed by atoms with Crippen LogP contribution in [0.5, 0.6) is 0 Å². The first-order valence-corrected chi connectivity index (χ1v) is 14.7. The molecule has 192 valence electrons. The van der Waals surface area contributed by atoms with E-state index < -0.39 is 12.4 Å². The minimum absolute atomic E-state index is 0.391. The van der Waals surface area contributed by atoms with Crippen molar-refractivity contribution in [2.75, 3.05) is 13.2 Å². The Labute approximate surface area is 201 Å². The van der Waals surface area contributed by atoms with E-state index in [4.69, 9.17) is 9.47 Å². The molecular weight excluding hydrogens is 396 g/mol. The summed E-state index contributed by atoms with van der Waals surface area (Å²) in [7, 11) is 0. The van der Waals surface area contributed by atoms with Gasteiger partial charge in [0.1, 0.15) is 6.10 Å². The Kier molecular flexibility index (Phi) is 21.2. The van der Waals surface area contributed by atoms with Crippen LogP contribution in [0.2, 0.25) is 0 Å². The van der Waals surface area contributed by atoms with Crippen LogP contribution in [0.4, 0.5) is 0 Å². The quantitative estimate of drug-likeness (QED) is 0.157. The van der Waals surface area contributed by atoms with Gasteiger partial charge in [-0.15, -0.1) is 0 Å². The molecule has 3 atom stereocenters. The Balaban J connectivity index is 2.15. The van der Waals surface area contributed by atoms with E-state index in [0.29, 0.717) is 5.92 Å². The monoisotopic (exact) mass is 454 g/mol. The molecule has 1 aliphatic heterocycles. The normalized spacial score (nSPS) is 20.0. The Bertz CT molecular complexity index is 373. The highest BCUT2D eigenvalue weighted by Crippen LogP contribution is 2.22. The summed E-state index contributed by atoms with van der Waals surface area (Å²) in [5, 5.41) is 10.1. The average molecular weight is 455 g/mol. The van der Waals surface area contributed by atoms with Crippen LogP contribution in [0.3, 0.4) is 0 Å². The molecule has 3 nitrogen and oxygen atoms in total. The second-order valence-electron chi connectivity index (χ2n) is 10.4. The van der Waals surface area contributed by atoms with Gasteiger partial charge in [0.05, 0.1) is 6.61 Å². The molecule has 0 spiro atoms. The third-order valence-corrected chi connectivity index (χ3v) is 7.17. The molecule has 1 fully saturated rings. The summed E-state index contributed by atoms with van der Waals surface area (Å²) in [5.74, 6) is 0.627. The van der Waals surface area contributed by atoms with Crippen molar-refractivity contribution < 1.29 is 14.6 Å². The van der Waals surface area contributed by atoms with Crippen LogP contribution in [0.1, 0.15) is 155 Å². The fraction of sp³-hybridized carbons (Fsp3) is 1.00. The lowest BCUT2D eigenvalue weighted by molar-refractivity contribution is -0.219. The van der Waals surface area contributed by atoms with E-state index >= 15 is 0 Å². The molecule has 3 heteroatoms. The first-order chi connectivity index (χ1) is 15.8. The van der Waals surface area contributed by atoms with Gasteiger partial charge in [0.25, 0.3) is 0 Å². The van der Waals surface area contributed by atoms with Gasteiger partial charge in [0.15, 0.2) is 6.29 Å². The maximum Gasteiger partial charge on any atom is 0.183 e. The largest absolute Gasteiger partial charge is 0.388 e. The smallest absolute Gasteiger partial charge is 0.183 e. The van der Waals surface area contributed by atoms with Crippen molar-refractivity contribution in [2.45, 2.75) is 167 Å². The Morgan fingerprint density at radius 3 is 1.56 bits per heavy atom.